The lowest BCUT2D eigenvalue weighted by Gasteiger charge is -2.14. The minimum atomic E-state index is -0.165. The van der Waals surface area contributed by atoms with Gasteiger partial charge in [0.25, 0.3) is 5.91 Å². The number of thioether (sulfide) groups is 1. The van der Waals surface area contributed by atoms with E-state index in [-0.39, 0.29) is 5.91 Å². The molecule has 3 nitrogen and oxygen atoms in total. The molecule has 0 bridgehead atoms. The van der Waals surface area contributed by atoms with Gasteiger partial charge in [-0.3, -0.25) is 9.69 Å². The molecule has 3 aromatic rings. The second kappa shape index (κ2) is 7.76. The number of hydrogen-bond donors (Lipinski definition) is 0. The second-order valence-corrected chi connectivity index (χ2v) is 8.70. The van der Waals surface area contributed by atoms with E-state index in [1.165, 1.54) is 16.7 Å². The number of thiocarbonyl (C=S) groups is 1. The summed E-state index contributed by atoms with van der Waals surface area (Å²) >= 11 is 18.8. The zero-order valence-corrected chi connectivity index (χ0v) is 17.8. The highest BCUT2D eigenvalue weighted by Crippen LogP contribution is 2.37. The van der Waals surface area contributed by atoms with E-state index < -0.39 is 0 Å². The van der Waals surface area contributed by atoms with Gasteiger partial charge in [0.2, 0.25) is 0 Å². The van der Waals surface area contributed by atoms with E-state index in [0.29, 0.717) is 30.8 Å². The van der Waals surface area contributed by atoms with E-state index in [1.807, 2.05) is 37.3 Å². The van der Waals surface area contributed by atoms with Crippen LogP contribution in [-0.4, -0.2) is 10.2 Å². The Bertz CT molecular complexity index is 1120. The van der Waals surface area contributed by atoms with Crippen LogP contribution in [0.1, 0.15) is 11.3 Å². The number of nitrogens with zero attached hydrogens (tertiary/aromatic N) is 1. The molecule has 7 heteroatoms. The van der Waals surface area contributed by atoms with Gasteiger partial charge in [-0.05, 0) is 49.4 Å². The van der Waals surface area contributed by atoms with Crippen molar-refractivity contribution in [3.8, 4) is 11.3 Å². The molecule has 0 atom stereocenters. The number of carbonyl (C=O) groups is 1. The number of hydrogen-bond acceptors (Lipinski definition) is 4. The van der Waals surface area contributed by atoms with Crippen molar-refractivity contribution < 1.29 is 9.21 Å². The fraction of sp³-hybridized carbons (Fsp3) is 0.0476. The summed E-state index contributed by atoms with van der Waals surface area (Å²) < 4.78 is 6.35. The SMILES string of the molecule is Cc1ccc(N2C(=O)/C(=C\c3ccc(-c4ccc(Cl)cc4Cl)o3)SC2=S)cc1. The highest BCUT2D eigenvalue weighted by Gasteiger charge is 2.33. The van der Waals surface area contributed by atoms with Crippen LogP contribution in [0.25, 0.3) is 17.4 Å². The van der Waals surface area contributed by atoms with Gasteiger partial charge in [0, 0.05) is 16.7 Å². The van der Waals surface area contributed by atoms with Crippen molar-refractivity contribution in [3.63, 3.8) is 0 Å². The monoisotopic (exact) mass is 445 g/mol. The van der Waals surface area contributed by atoms with Gasteiger partial charge in [0.15, 0.2) is 4.32 Å². The number of anilines is 1. The maximum atomic E-state index is 12.8. The first-order chi connectivity index (χ1) is 13.4. The van der Waals surface area contributed by atoms with Crippen molar-refractivity contribution >= 4 is 69.2 Å². The molecule has 28 heavy (non-hydrogen) atoms. The number of benzene rings is 2. The summed E-state index contributed by atoms with van der Waals surface area (Å²) in [5.41, 5.74) is 2.61. The van der Waals surface area contributed by atoms with Crippen molar-refractivity contribution in [1.82, 2.24) is 0 Å². The number of amides is 1. The van der Waals surface area contributed by atoms with Crippen LogP contribution in [0.3, 0.4) is 0 Å². The minimum absolute atomic E-state index is 0.165. The van der Waals surface area contributed by atoms with E-state index in [2.05, 4.69) is 0 Å². The first-order valence-corrected chi connectivity index (χ1v) is 10.3. The Labute approximate surface area is 181 Å². The quantitative estimate of drug-likeness (QED) is 0.321. The van der Waals surface area contributed by atoms with Crippen molar-refractivity contribution in [2.24, 2.45) is 0 Å². The Hall–Kier alpha value is -2.05. The van der Waals surface area contributed by atoms with Gasteiger partial charge in [0.1, 0.15) is 11.5 Å². The number of aryl methyl sites for hydroxylation is 1. The van der Waals surface area contributed by atoms with Gasteiger partial charge in [-0.2, -0.15) is 0 Å². The fourth-order valence-corrected chi connectivity index (χ4v) is 4.56. The normalized spacial score (nSPS) is 15.7. The number of furan rings is 1. The predicted octanol–water partition coefficient (Wildman–Crippen LogP) is 6.97. The Morgan fingerprint density at radius 2 is 1.82 bits per heavy atom. The topological polar surface area (TPSA) is 33.5 Å². The molecule has 0 N–H and O–H groups in total. The summed E-state index contributed by atoms with van der Waals surface area (Å²) in [5.74, 6) is 0.980. The van der Waals surface area contributed by atoms with Gasteiger partial charge in [-0.25, -0.2) is 0 Å². The van der Waals surface area contributed by atoms with Crippen molar-refractivity contribution in [2.45, 2.75) is 6.92 Å². The molecule has 0 spiro atoms. The lowest BCUT2D eigenvalue weighted by molar-refractivity contribution is -0.113. The molecule has 1 amide bonds. The van der Waals surface area contributed by atoms with Gasteiger partial charge >= 0.3 is 0 Å². The highest BCUT2D eigenvalue weighted by molar-refractivity contribution is 8.27. The minimum Gasteiger partial charge on any atom is -0.457 e. The van der Waals surface area contributed by atoms with Crippen LogP contribution in [0.15, 0.2) is 63.9 Å². The molecule has 0 saturated carbocycles. The Balaban J connectivity index is 1.61. The molecule has 1 fully saturated rings. The van der Waals surface area contributed by atoms with Crippen LogP contribution >= 0.6 is 47.2 Å². The molecule has 0 aliphatic carbocycles. The maximum absolute atomic E-state index is 12.8. The van der Waals surface area contributed by atoms with Crippen LogP contribution < -0.4 is 4.90 Å². The molecule has 1 aliphatic rings. The molecular formula is C21H13Cl2NO2S2. The smallest absolute Gasteiger partial charge is 0.270 e. The molecule has 2 heterocycles. The van der Waals surface area contributed by atoms with Gasteiger partial charge in [-0.1, -0.05) is 64.9 Å². The fourth-order valence-electron chi connectivity index (χ4n) is 2.78. The van der Waals surface area contributed by atoms with Gasteiger partial charge in [0.05, 0.1) is 15.6 Å². The third-order valence-corrected chi connectivity index (χ3v) is 6.03. The largest absolute Gasteiger partial charge is 0.457 e. The first kappa shape index (κ1) is 19.3. The molecule has 1 saturated heterocycles. The molecule has 0 radical (unpaired) electrons. The van der Waals surface area contributed by atoms with Gasteiger partial charge in [-0.15, -0.1) is 0 Å². The van der Waals surface area contributed by atoms with Crippen molar-refractivity contribution in [1.29, 1.82) is 0 Å². The lowest BCUT2D eigenvalue weighted by Crippen LogP contribution is -2.27. The molecule has 140 valence electrons. The highest BCUT2D eigenvalue weighted by atomic mass is 35.5. The van der Waals surface area contributed by atoms with Gasteiger partial charge < -0.3 is 4.42 Å². The zero-order chi connectivity index (χ0) is 19.8. The van der Waals surface area contributed by atoms with E-state index >= 15 is 0 Å². The molecule has 4 rings (SSSR count). The Morgan fingerprint density at radius 1 is 1.07 bits per heavy atom. The summed E-state index contributed by atoms with van der Waals surface area (Å²) in [6, 6.07) is 16.5. The van der Waals surface area contributed by atoms with Crippen LogP contribution in [0.4, 0.5) is 5.69 Å². The van der Waals surface area contributed by atoms with Crippen LogP contribution in [0.2, 0.25) is 10.0 Å². The summed E-state index contributed by atoms with van der Waals surface area (Å²) in [6.45, 7) is 2.00. The average molecular weight is 446 g/mol. The third kappa shape index (κ3) is 3.76. The van der Waals surface area contributed by atoms with E-state index in [0.717, 1.165) is 16.8 Å². The summed E-state index contributed by atoms with van der Waals surface area (Å²) in [4.78, 5) is 14.9. The second-order valence-electron chi connectivity index (χ2n) is 6.18. The van der Waals surface area contributed by atoms with E-state index in [4.69, 9.17) is 39.8 Å². The summed E-state index contributed by atoms with van der Waals surface area (Å²) in [5, 5.41) is 1.06. The van der Waals surface area contributed by atoms with E-state index in [1.54, 1.807) is 30.3 Å². The molecule has 1 aliphatic heterocycles. The lowest BCUT2D eigenvalue weighted by atomic mass is 10.2. The standard InChI is InChI=1S/C21H13Cl2NO2S2/c1-12-2-5-14(6-3-12)24-20(25)19(28-21(24)27)11-15-7-9-18(26-15)16-8-4-13(22)10-17(16)23/h2-11H,1H3/b19-11+. The average Bonchev–Trinajstić information content (AvgIpc) is 3.21. The van der Waals surface area contributed by atoms with Crippen LogP contribution in [0, 0.1) is 6.92 Å². The van der Waals surface area contributed by atoms with Crippen LogP contribution in [0.5, 0.6) is 0 Å². The molecule has 1 aromatic heterocycles. The maximum Gasteiger partial charge on any atom is 0.270 e. The third-order valence-electron chi connectivity index (χ3n) is 4.18. The van der Waals surface area contributed by atoms with Crippen molar-refractivity contribution in [3.05, 3.63) is 80.9 Å². The summed E-state index contributed by atoms with van der Waals surface area (Å²) in [7, 11) is 0. The number of carbonyl (C=O) groups excluding carboxylic acids is 1. The predicted molar refractivity (Wildman–Crippen MR) is 121 cm³/mol. The summed E-state index contributed by atoms with van der Waals surface area (Å²) in [6.07, 6.45) is 1.70. The molecule has 0 unspecified atom stereocenters. The molecular weight excluding hydrogens is 433 g/mol. The Morgan fingerprint density at radius 3 is 2.54 bits per heavy atom. The molecule has 2 aromatic carbocycles. The van der Waals surface area contributed by atoms with Crippen molar-refractivity contribution in [2.75, 3.05) is 4.90 Å². The number of halogens is 2. The zero-order valence-electron chi connectivity index (χ0n) is 14.6. The first-order valence-electron chi connectivity index (χ1n) is 8.32. The Kier molecular flexibility index (Phi) is 5.34. The van der Waals surface area contributed by atoms with Crippen LogP contribution in [-0.2, 0) is 4.79 Å². The number of rotatable bonds is 3. The van der Waals surface area contributed by atoms with E-state index in [9.17, 15) is 4.79 Å².